The van der Waals surface area contributed by atoms with E-state index in [0.717, 1.165) is 5.39 Å². The standard InChI is InChI=1S/C32H25N3O5S/c1-31-14-15-32(40-31,16-17-34-24-10-4-6-19-7-5-11-25(26(19)24)41(34,38)39)28-27(31)29(36)35(30(28)37)23-13-12-20(18-33)21-8-2-3-9-22(21)23/h2-13,27-28H,14-17H2,1H3/t27-,28+,31-,32-/m1/s1. The molecule has 0 saturated carbocycles. The molecule has 8 nitrogen and oxygen atoms in total. The smallest absolute Gasteiger partial charge is 0.265 e. The number of nitrogens with zero attached hydrogens (tertiary/aromatic N) is 3. The minimum Gasteiger partial charge on any atom is -0.367 e. The normalized spacial score (nSPS) is 29.1. The molecule has 2 bridgehead atoms. The predicted octanol–water partition coefficient (Wildman–Crippen LogP) is 4.89. The van der Waals surface area contributed by atoms with Gasteiger partial charge in [-0.1, -0.05) is 48.5 Å². The fourth-order valence-corrected chi connectivity index (χ4v) is 9.62. The maximum atomic E-state index is 14.2. The fourth-order valence-electron chi connectivity index (χ4n) is 7.91. The summed E-state index contributed by atoms with van der Waals surface area (Å²) in [6, 6.07) is 23.6. The van der Waals surface area contributed by atoms with Gasteiger partial charge < -0.3 is 4.74 Å². The molecule has 3 saturated heterocycles. The second-order valence-electron chi connectivity index (χ2n) is 11.7. The lowest BCUT2D eigenvalue weighted by atomic mass is 9.67. The number of nitriles is 1. The zero-order valence-electron chi connectivity index (χ0n) is 22.2. The van der Waals surface area contributed by atoms with Crippen LogP contribution in [0.5, 0.6) is 0 Å². The van der Waals surface area contributed by atoms with Crippen molar-refractivity contribution in [1.82, 2.24) is 0 Å². The molecule has 0 unspecified atom stereocenters. The lowest BCUT2D eigenvalue weighted by Crippen LogP contribution is -2.44. The lowest BCUT2D eigenvalue weighted by molar-refractivity contribution is -0.130. The van der Waals surface area contributed by atoms with Crippen LogP contribution >= 0.6 is 0 Å². The Labute approximate surface area is 236 Å². The number of imide groups is 1. The molecule has 204 valence electrons. The highest BCUT2D eigenvalue weighted by Crippen LogP contribution is 2.63. The highest BCUT2D eigenvalue weighted by molar-refractivity contribution is 7.93. The Kier molecular flexibility index (Phi) is 4.75. The molecule has 0 radical (unpaired) electrons. The summed E-state index contributed by atoms with van der Waals surface area (Å²) in [5.41, 5.74) is -0.211. The van der Waals surface area contributed by atoms with Crippen molar-refractivity contribution in [3.63, 3.8) is 0 Å². The van der Waals surface area contributed by atoms with E-state index >= 15 is 0 Å². The number of ether oxygens (including phenoxy) is 1. The number of rotatable bonds is 4. The maximum Gasteiger partial charge on any atom is 0.265 e. The first kappa shape index (κ1) is 24.5. The third-order valence-electron chi connectivity index (χ3n) is 9.69. The molecular weight excluding hydrogens is 538 g/mol. The van der Waals surface area contributed by atoms with Crippen molar-refractivity contribution in [2.45, 2.75) is 42.3 Å². The Morgan fingerprint density at radius 2 is 1.63 bits per heavy atom. The Hall–Kier alpha value is -4.26. The number of fused-ring (bicyclic) bond motifs is 6. The average Bonchev–Trinajstić information content (AvgIpc) is 3.62. The number of anilines is 2. The minimum absolute atomic E-state index is 0.136. The van der Waals surface area contributed by atoms with Gasteiger partial charge >= 0.3 is 0 Å². The van der Waals surface area contributed by atoms with Gasteiger partial charge in [0.15, 0.2) is 0 Å². The van der Waals surface area contributed by atoms with Gasteiger partial charge in [-0.3, -0.25) is 13.9 Å². The largest absolute Gasteiger partial charge is 0.367 e. The van der Waals surface area contributed by atoms with Crippen LogP contribution in [0, 0.1) is 23.2 Å². The van der Waals surface area contributed by atoms with Crippen molar-refractivity contribution in [2.24, 2.45) is 11.8 Å². The molecule has 0 N–H and O–H groups in total. The first-order valence-corrected chi connectivity index (χ1v) is 15.2. The Morgan fingerprint density at radius 1 is 0.902 bits per heavy atom. The summed E-state index contributed by atoms with van der Waals surface area (Å²) in [4.78, 5) is 29.8. The molecule has 41 heavy (non-hydrogen) atoms. The quantitative estimate of drug-likeness (QED) is 0.327. The first-order chi connectivity index (χ1) is 19.7. The summed E-state index contributed by atoms with van der Waals surface area (Å²) in [6.07, 6.45) is 1.46. The molecule has 0 aliphatic carbocycles. The Morgan fingerprint density at radius 3 is 2.41 bits per heavy atom. The SMILES string of the molecule is C[C@]12CC[C@](CCN3c4cccc5cccc(c45)S3(=O)=O)(O1)[C@@H]1C(=O)N(c3ccc(C#N)c4ccccc34)C(=O)[C@@H]12. The van der Waals surface area contributed by atoms with Gasteiger partial charge in [0.05, 0.1) is 50.9 Å². The molecule has 2 amide bonds. The second-order valence-corrected chi connectivity index (χ2v) is 13.5. The molecular formula is C32H25N3O5S. The summed E-state index contributed by atoms with van der Waals surface area (Å²) in [5.74, 6) is -2.00. The number of carbonyl (C=O) groups excluding carboxylic acids is 2. The summed E-state index contributed by atoms with van der Waals surface area (Å²) in [5, 5.41) is 12.5. The van der Waals surface area contributed by atoms with Crippen LogP contribution in [0.4, 0.5) is 11.4 Å². The van der Waals surface area contributed by atoms with Gasteiger partial charge in [-0.15, -0.1) is 0 Å². The molecule has 4 aliphatic heterocycles. The number of carbonyl (C=O) groups is 2. The molecule has 8 rings (SSSR count). The van der Waals surface area contributed by atoms with Gasteiger partial charge in [0.25, 0.3) is 10.0 Å². The van der Waals surface area contributed by atoms with Crippen LogP contribution in [-0.2, 0) is 24.3 Å². The maximum absolute atomic E-state index is 14.2. The van der Waals surface area contributed by atoms with E-state index in [1.165, 1.54) is 9.21 Å². The molecule has 4 heterocycles. The Balaban J connectivity index is 1.17. The third-order valence-corrected chi connectivity index (χ3v) is 11.5. The van der Waals surface area contributed by atoms with E-state index in [9.17, 15) is 23.3 Å². The van der Waals surface area contributed by atoms with Crippen molar-refractivity contribution in [1.29, 1.82) is 5.26 Å². The second kappa shape index (κ2) is 7.93. The zero-order valence-corrected chi connectivity index (χ0v) is 23.0. The predicted molar refractivity (Wildman–Crippen MR) is 153 cm³/mol. The van der Waals surface area contributed by atoms with Crippen LogP contribution in [0.25, 0.3) is 21.5 Å². The first-order valence-electron chi connectivity index (χ1n) is 13.7. The molecule has 4 aromatic carbocycles. The number of amides is 2. The molecule has 3 fully saturated rings. The van der Waals surface area contributed by atoms with Crippen molar-refractivity contribution in [2.75, 3.05) is 15.7 Å². The highest BCUT2D eigenvalue weighted by Gasteiger charge is 2.74. The van der Waals surface area contributed by atoms with Crippen molar-refractivity contribution in [3.05, 3.63) is 78.4 Å². The van der Waals surface area contributed by atoms with Crippen LogP contribution < -0.4 is 9.21 Å². The zero-order chi connectivity index (χ0) is 28.3. The van der Waals surface area contributed by atoms with Crippen LogP contribution in [0.15, 0.2) is 77.7 Å². The van der Waals surface area contributed by atoms with Gasteiger partial charge in [-0.05, 0) is 55.8 Å². The van der Waals surface area contributed by atoms with Gasteiger partial charge in [-0.2, -0.15) is 5.26 Å². The van der Waals surface area contributed by atoms with E-state index < -0.39 is 33.1 Å². The molecule has 9 heteroatoms. The summed E-state index contributed by atoms with van der Waals surface area (Å²) in [6.45, 7) is 2.03. The summed E-state index contributed by atoms with van der Waals surface area (Å²) >= 11 is 0. The minimum atomic E-state index is -3.77. The summed E-state index contributed by atoms with van der Waals surface area (Å²) in [7, 11) is -3.77. The van der Waals surface area contributed by atoms with Crippen LogP contribution in [0.2, 0.25) is 0 Å². The highest BCUT2D eigenvalue weighted by atomic mass is 32.2. The summed E-state index contributed by atoms with van der Waals surface area (Å²) < 4.78 is 35.3. The average molecular weight is 564 g/mol. The molecule has 4 atom stereocenters. The number of hydrogen-bond donors (Lipinski definition) is 0. The van der Waals surface area contributed by atoms with E-state index in [1.807, 2.05) is 55.5 Å². The fraction of sp³-hybridized carbons (Fsp3) is 0.281. The monoisotopic (exact) mass is 563 g/mol. The lowest BCUT2D eigenvalue weighted by Gasteiger charge is -2.33. The third kappa shape index (κ3) is 2.99. The molecule has 4 aliphatic rings. The van der Waals surface area contributed by atoms with Crippen molar-refractivity contribution in [3.8, 4) is 6.07 Å². The molecule has 0 aromatic heterocycles. The van der Waals surface area contributed by atoms with Crippen molar-refractivity contribution >= 4 is 54.8 Å². The van der Waals surface area contributed by atoms with Gasteiger partial charge in [0.1, 0.15) is 0 Å². The van der Waals surface area contributed by atoms with E-state index in [-0.39, 0.29) is 29.7 Å². The van der Waals surface area contributed by atoms with E-state index in [4.69, 9.17) is 4.74 Å². The van der Waals surface area contributed by atoms with E-state index in [1.54, 1.807) is 24.3 Å². The van der Waals surface area contributed by atoms with E-state index in [0.29, 0.717) is 45.9 Å². The number of benzene rings is 4. The topological polar surface area (TPSA) is 108 Å². The van der Waals surface area contributed by atoms with Gasteiger partial charge in [0.2, 0.25) is 11.8 Å². The van der Waals surface area contributed by atoms with Crippen LogP contribution in [-0.4, -0.2) is 38.0 Å². The van der Waals surface area contributed by atoms with Crippen molar-refractivity contribution < 1.29 is 22.7 Å². The van der Waals surface area contributed by atoms with Crippen LogP contribution in [0.3, 0.4) is 0 Å². The molecule has 4 aromatic rings. The van der Waals surface area contributed by atoms with Gasteiger partial charge in [0, 0.05) is 22.7 Å². The van der Waals surface area contributed by atoms with Crippen LogP contribution in [0.1, 0.15) is 31.7 Å². The van der Waals surface area contributed by atoms with E-state index in [2.05, 4.69) is 6.07 Å². The number of sulfonamides is 1. The number of hydrogen-bond acceptors (Lipinski definition) is 6. The van der Waals surface area contributed by atoms with Gasteiger partial charge in [-0.25, -0.2) is 13.3 Å². The Bertz CT molecular complexity index is 2010. The molecule has 0 spiro atoms.